The first-order chi connectivity index (χ1) is 8.23. The van der Waals surface area contributed by atoms with Crippen LogP contribution < -0.4 is 10.1 Å². The minimum absolute atomic E-state index is 0.458. The van der Waals surface area contributed by atoms with Crippen molar-refractivity contribution in [3.05, 3.63) is 29.3 Å². The number of ether oxygens (including phenoxy) is 1. The molecule has 0 aromatic heterocycles. The Kier molecular flexibility index (Phi) is 2.62. The second-order valence-corrected chi connectivity index (χ2v) is 5.71. The maximum absolute atomic E-state index is 5.32. The Bertz CT molecular complexity index is 429. The molecule has 2 heteroatoms. The molecule has 2 atom stereocenters. The molecule has 17 heavy (non-hydrogen) atoms. The molecule has 1 N–H and O–H groups in total. The van der Waals surface area contributed by atoms with Gasteiger partial charge in [0.15, 0.2) is 0 Å². The average molecular weight is 231 g/mol. The van der Waals surface area contributed by atoms with E-state index in [2.05, 4.69) is 30.4 Å². The molecule has 1 fully saturated rings. The molecule has 0 spiro atoms. The van der Waals surface area contributed by atoms with Crippen LogP contribution in [0.5, 0.6) is 5.75 Å². The van der Waals surface area contributed by atoms with Gasteiger partial charge in [0.1, 0.15) is 5.75 Å². The van der Waals surface area contributed by atoms with E-state index in [1.807, 2.05) is 0 Å². The van der Waals surface area contributed by atoms with Gasteiger partial charge in [-0.2, -0.15) is 0 Å². The molecule has 0 saturated carbocycles. The summed E-state index contributed by atoms with van der Waals surface area (Å²) >= 11 is 0. The highest BCUT2D eigenvalue weighted by Gasteiger charge is 2.40. The Morgan fingerprint density at radius 3 is 3.06 bits per heavy atom. The number of rotatable bonds is 1. The summed E-state index contributed by atoms with van der Waals surface area (Å²) < 4.78 is 5.32. The highest BCUT2D eigenvalue weighted by molar-refractivity contribution is 5.40. The highest BCUT2D eigenvalue weighted by Crippen LogP contribution is 2.48. The highest BCUT2D eigenvalue weighted by atomic mass is 16.5. The van der Waals surface area contributed by atoms with Gasteiger partial charge in [-0.15, -0.1) is 0 Å². The first kappa shape index (κ1) is 11.1. The smallest absolute Gasteiger partial charge is 0.119 e. The lowest BCUT2D eigenvalue weighted by Gasteiger charge is -2.46. The van der Waals surface area contributed by atoms with E-state index in [0.29, 0.717) is 11.5 Å². The lowest BCUT2D eigenvalue weighted by molar-refractivity contribution is 0.132. The van der Waals surface area contributed by atoms with E-state index >= 15 is 0 Å². The molecule has 3 rings (SSSR count). The van der Waals surface area contributed by atoms with Crippen LogP contribution in [0.3, 0.4) is 0 Å². The largest absolute Gasteiger partial charge is 0.497 e. The van der Waals surface area contributed by atoms with Crippen molar-refractivity contribution in [1.82, 2.24) is 5.32 Å². The maximum atomic E-state index is 5.32. The van der Waals surface area contributed by atoms with E-state index in [4.69, 9.17) is 4.74 Å². The number of hydrogen-bond acceptors (Lipinski definition) is 2. The molecule has 2 nitrogen and oxygen atoms in total. The lowest BCUT2D eigenvalue weighted by Crippen LogP contribution is -2.44. The Labute approximate surface area is 103 Å². The normalized spacial score (nSPS) is 31.5. The number of methoxy groups -OCH3 is 1. The first-order valence-electron chi connectivity index (χ1n) is 6.63. The van der Waals surface area contributed by atoms with Gasteiger partial charge in [-0.1, -0.05) is 13.0 Å². The number of piperidine rings is 1. The molecule has 1 saturated heterocycles. The topological polar surface area (TPSA) is 21.3 Å². The quantitative estimate of drug-likeness (QED) is 0.802. The molecule has 1 aliphatic heterocycles. The zero-order valence-electron chi connectivity index (χ0n) is 10.8. The zero-order valence-corrected chi connectivity index (χ0v) is 10.8. The Morgan fingerprint density at radius 1 is 1.35 bits per heavy atom. The Hall–Kier alpha value is -1.02. The fourth-order valence-corrected chi connectivity index (χ4v) is 3.51. The monoisotopic (exact) mass is 231 g/mol. The van der Waals surface area contributed by atoms with E-state index in [1.54, 1.807) is 7.11 Å². The van der Waals surface area contributed by atoms with E-state index in [1.165, 1.54) is 36.8 Å². The summed E-state index contributed by atoms with van der Waals surface area (Å²) in [6.45, 7) is 3.60. The fourth-order valence-electron chi connectivity index (χ4n) is 3.51. The number of aryl methyl sites for hydroxylation is 1. The van der Waals surface area contributed by atoms with Crippen molar-refractivity contribution in [3.8, 4) is 5.75 Å². The third kappa shape index (κ3) is 1.75. The van der Waals surface area contributed by atoms with Gasteiger partial charge in [0.05, 0.1) is 7.11 Å². The molecule has 1 heterocycles. The summed E-state index contributed by atoms with van der Waals surface area (Å²) in [7, 11) is 1.74. The van der Waals surface area contributed by atoms with Gasteiger partial charge in [-0.25, -0.2) is 0 Å². The van der Waals surface area contributed by atoms with Gasteiger partial charge in [0.25, 0.3) is 0 Å². The molecule has 2 unspecified atom stereocenters. The van der Waals surface area contributed by atoms with Crippen molar-refractivity contribution in [2.75, 3.05) is 13.7 Å². The first-order valence-corrected chi connectivity index (χ1v) is 6.63. The van der Waals surface area contributed by atoms with Gasteiger partial charge in [-0.05, 0) is 60.9 Å². The van der Waals surface area contributed by atoms with Gasteiger partial charge in [0, 0.05) is 6.04 Å². The minimum Gasteiger partial charge on any atom is -0.497 e. The average Bonchev–Trinajstić information content (AvgIpc) is 2.37. The molecule has 0 amide bonds. The molecule has 0 radical (unpaired) electrons. The standard InChI is InChI=1S/C15H21NO/c1-15-7-3-9-16-14(15)13-5-4-12(17-2)10-11(13)6-8-15/h4-5,10,14,16H,3,6-9H2,1-2H3. The van der Waals surface area contributed by atoms with E-state index in [9.17, 15) is 0 Å². The summed E-state index contributed by atoms with van der Waals surface area (Å²) in [6, 6.07) is 7.12. The van der Waals surface area contributed by atoms with E-state index in [-0.39, 0.29) is 0 Å². The summed E-state index contributed by atoms with van der Waals surface area (Å²) in [4.78, 5) is 0. The van der Waals surface area contributed by atoms with Crippen molar-refractivity contribution in [2.24, 2.45) is 5.41 Å². The Balaban J connectivity index is 2.01. The van der Waals surface area contributed by atoms with E-state index in [0.717, 1.165) is 12.3 Å². The van der Waals surface area contributed by atoms with Gasteiger partial charge in [0.2, 0.25) is 0 Å². The van der Waals surface area contributed by atoms with Crippen LogP contribution in [0.4, 0.5) is 0 Å². The van der Waals surface area contributed by atoms with Crippen LogP contribution in [0.1, 0.15) is 43.4 Å². The predicted octanol–water partition coefficient (Wildman–Crippen LogP) is 3.07. The Morgan fingerprint density at radius 2 is 2.24 bits per heavy atom. The molecule has 1 aromatic rings. The number of fused-ring (bicyclic) bond motifs is 3. The van der Waals surface area contributed by atoms with Crippen LogP contribution >= 0.6 is 0 Å². The third-order valence-corrected chi connectivity index (χ3v) is 4.60. The number of nitrogens with one attached hydrogen (secondary N) is 1. The number of hydrogen-bond donors (Lipinski definition) is 1. The van der Waals surface area contributed by atoms with Gasteiger partial charge in [-0.3, -0.25) is 0 Å². The summed E-state index contributed by atoms with van der Waals surface area (Å²) in [5.74, 6) is 0.989. The molecule has 92 valence electrons. The third-order valence-electron chi connectivity index (χ3n) is 4.60. The molecular weight excluding hydrogens is 210 g/mol. The van der Waals surface area contributed by atoms with E-state index < -0.39 is 0 Å². The van der Waals surface area contributed by atoms with Crippen LogP contribution in [-0.2, 0) is 6.42 Å². The molecular formula is C15H21NO. The van der Waals surface area contributed by atoms with Gasteiger partial charge >= 0.3 is 0 Å². The van der Waals surface area contributed by atoms with Crippen LogP contribution in [0.2, 0.25) is 0 Å². The lowest BCUT2D eigenvalue weighted by atomic mass is 9.65. The van der Waals surface area contributed by atoms with Crippen LogP contribution in [0.25, 0.3) is 0 Å². The molecule has 0 bridgehead atoms. The summed E-state index contributed by atoms with van der Waals surface area (Å²) in [5, 5.41) is 3.71. The van der Waals surface area contributed by atoms with Crippen LogP contribution in [0, 0.1) is 5.41 Å². The van der Waals surface area contributed by atoms with Crippen molar-refractivity contribution in [1.29, 1.82) is 0 Å². The van der Waals surface area contributed by atoms with Crippen LogP contribution in [-0.4, -0.2) is 13.7 Å². The zero-order chi connectivity index (χ0) is 11.9. The predicted molar refractivity (Wildman–Crippen MR) is 69.4 cm³/mol. The SMILES string of the molecule is COc1ccc2c(c1)CCC1(C)CCCNC21. The molecule has 1 aliphatic carbocycles. The summed E-state index contributed by atoms with van der Waals surface area (Å²) in [6.07, 6.45) is 5.17. The second kappa shape index (κ2) is 4.02. The van der Waals surface area contributed by atoms with Crippen molar-refractivity contribution in [2.45, 2.75) is 38.6 Å². The van der Waals surface area contributed by atoms with Gasteiger partial charge < -0.3 is 10.1 Å². The molecule has 2 aliphatic rings. The van der Waals surface area contributed by atoms with Crippen molar-refractivity contribution >= 4 is 0 Å². The minimum atomic E-state index is 0.458. The fraction of sp³-hybridized carbons (Fsp3) is 0.600. The number of benzene rings is 1. The van der Waals surface area contributed by atoms with Crippen molar-refractivity contribution in [3.63, 3.8) is 0 Å². The second-order valence-electron chi connectivity index (χ2n) is 5.71. The summed E-state index contributed by atoms with van der Waals surface area (Å²) in [5.41, 5.74) is 3.43. The molecule has 1 aromatic carbocycles. The van der Waals surface area contributed by atoms with Crippen LogP contribution in [0.15, 0.2) is 18.2 Å². The maximum Gasteiger partial charge on any atom is 0.119 e. The van der Waals surface area contributed by atoms with Crippen molar-refractivity contribution < 1.29 is 4.74 Å².